The van der Waals surface area contributed by atoms with Gasteiger partial charge in [0.25, 0.3) is 5.91 Å². The minimum atomic E-state index is -0.0803. The molecule has 1 aliphatic rings. The summed E-state index contributed by atoms with van der Waals surface area (Å²) in [4.78, 5) is 14.7. The standard InChI is InChI=1S/C20H26N4O2.ClH/c1-3-12-23(15-16-6-8-18(26-2)9-7-16)20(25)19-10-13-24(22-19)17-5-4-11-21-14-17;/h3,6-10,13,17,21H,1,4-5,11-12,14-15H2,2H3;1H. The SMILES string of the molecule is C=CCN(Cc1ccc(OC)cc1)C(=O)c1ccn(C2CCCNC2)n1.Cl. The fourth-order valence-corrected chi connectivity index (χ4v) is 3.20. The van der Waals surface area contributed by atoms with Crippen molar-refractivity contribution in [2.75, 3.05) is 26.7 Å². The number of carbonyl (C=O) groups is 1. The van der Waals surface area contributed by atoms with Crippen molar-refractivity contribution in [1.29, 1.82) is 0 Å². The van der Waals surface area contributed by atoms with Gasteiger partial charge in [0.1, 0.15) is 11.4 Å². The van der Waals surface area contributed by atoms with E-state index in [1.165, 1.54) is 0 Å². The summed E-state index contributed by atoms with van der Waals surface area (Å²) in [5.41, 5.74) is 1.52. The Kier molecular flexibility index (Phi) is 7.88. The van der Waals surface area contributed by atoms with Gasteiger partial charge in [-0.3, -0.25) is 9.48 Å². The Labute approximate surface area is 166 Å². The molecule has 1 unspecified atom stereocenters. The van der Waals surface area contributed by atoms with Crippen LogP contribution >= 0.6 is 12.4 Å². The van der Waals surface area contributed by atoms with Gasteiger partial charge in [-0.25, -0.2) is 0 Å². The zero-order chi connectivity index (χ0) is 18.4. The Bertz CT molecular complexity index is 739. The number of hydrogen-bond acceptors (Lipinski definition) is 4. The maximum absolute atomic E-state index is 12.9. The highest BCUT2D eigenvalue weighted by Gasteiger charge is 2.21. The Morgan fingerprint density at radius 2 is 2.19 bits per heavy atom. The molecule has 2 aromatic rings. The van der Waals surface area contributed by atoms with Gasteiger partial charge in [0, 0.05) is 25.8 Å². The minimum absolute atomic E-state index is 0. The van der Waals surface area contributed by atoms with E-state index in [2.05, 4.69) is 17.0 Å². The second kappa shape index (κ2) is 10.1. The summed E-state index contributed by atoms with van der Waals surface area (Å²) in [6.07, 6.45) is 5.87. The molecule has 1 aliphatic heterocycles. The van der Waals surface area contributed by atoms with Crippen molar-refractivity contribution in [3.8, 4) is 5.75 Å². The van der Waals surface area contributed by atoms with Crippen molar-refractivity contribution >= 4 is 18.3 Å². The van der Waals surface area contributed by atoms with Gasteiger partial charge < -0.3 is 15.0 Å². The lowest BCUT2D eigenvalue weighted by atomic mass is 10.1. The first-order chi connectivity index (χ1) is 12.7. The molecular formula is C20H27ClN4O2. The second-order valence-corrected chi connectivity index (χ2v) is 6.50. The van der Waals surface area contributed by atoms with E-state index in [-0.39, 0.29) is 18.3 Å². The molecule has 7 heteroatoms. The van der Waals surface area contributed by atoms with Crippen molar-refractivity contribution in [3.63, 3.8) is 0 Å². The molecule has 0 radical (unpaired) electrons. The van der Waals surface area contributed by atoms with Gasteiger partial charge in [-0.05, 0) is 43.1 Å². The molecule has 1 aromatic carbocycles. The van der Waals surface area contributed by atoms with Crippen LogP contribution in [-0.2, 0) is 6.54 Å². The first kappa shape index (κ1) is 21.0. The average molecular weight is 391 g/mol. The highest BCUT2D eigenvalue weighted by atomic mass is 35.5. The normalized spacial score (nSPS) is 16.3. The number of benzene rings is 1. The van der Waals surface area contributed by atoms with Crippen LogP contribution < -0.4 is 10.1 Å². The molecule has 146 valence electrons. The van der Waals surface area contributed by atoms with Gasteiger partial charge in [0.05, 0.1) is 13.2 Å². The summed E-state index contributed by atoms with van der Waals surface area (Å²) in [7, 11) is 1.64. The summed E-state index contributed by atoms with van der Waals surface area (Å²) < 4.78 is 7.10. The summed E-state index contributed by atoms with van der Waals surface area (Å²) in [6.45, 7) is 6.71. The molecular weight excluding hydrogens is 364 g/mol. The number of nitrogens with zero attached hydrogens (tertiary/aromatic N) is 3. The molecule has 1 saturated heterocycles. The highest BCUT2D eigenvalue weighted by Crippen LogP contribution is 2.17. The van der Waals surface area contributed by atoms with Crippen LogP contribution in [0.3, 0.4) is 0 Å². The van der Waals surface area contributed by atoms with E-state index in [0.717, 1.165) is 37.2 Å². The predicted octanol–water partition coefficient (Wildman–Crippen LogP) is 3.07. The molecule has 1 atom stereocenters. The van der Waals surface area contributed by atoms with E-state index in [9.17, 15) is 4.79 Å². The van der Waals surface area contributed by atoms with E-state index >= 15 is 0 Å². The van der Waals surface area contributed by atoms with Crippen molar-refractivity contribution in [2.24, 2.45) is 0 Å². The van der Waals surface area contributed by atoms with Crippen LogP contribution in [0.2, 0.25) is 0 Å². The number of amides is 1. The zero-order valence-electron chi connectivity index (χ0n) is 15.6. The number of rotatable bonds is 7. The second-order valence-electron chi connectivity index (χ2n) is 6.50. The molecule has 2 heterocycles. The summed E-state index contributed by atoms with van der Waals surface area (Å²) in [5.74, 6) is 0.721. The van der Waals surface area contributed by atoms with E-state index in [1.54, 1.807) is 24.2 Å². The van der Waals surface area contributed by atoms with Crippen molar-refractivity contribution in [1.82, 2.24) is 20.0 Å². The highest BCUT2D eigenvalue weighted by molar-refractivity contribution is 5.92. The lowest BCUT2D eigenvalue weighted by Gasteiger charge is -2.23. The first-order valence-corrected chi connectivity index (χ1v) is 9.00. The van der Waals surface area contributed by atoms with Crippen molar-refractivity contribution in [2.45, 2.75) is 25.4 Å². The number of methoxy groups -OCH3 is 1. The Hall–Kier alpha value is -2.31. The monoisotopic (exact) mass is 390 g/mol. The van der Waals surface area contributed by atoms with Gasteiger partial charge in [0.2, 0.25) is 0 Å². The maximum atomic E-state index is 12.9. The number of halogens is 1. The predicted molar refractivity (Wildman–Crippen MR) is 109 cm³/mol. The maximum Gasteiger partial charge on any atom is 0.274 e. The number of ether oxygens (including phenoxy) is 1. The number of nitrogens with one attached hydrogen (secondary N) is 1. The first-order valence-electron chi connectivity index (χ1n) is 9.00. The van der Waals surface area contributed by atoms with Crippen molar-refractivity contribution < 1.29 is 9.53 Å². The van der Waals surface area contributed by atoms with Gasteiger partial charge in [-0.2, -0.15) is 5.10 Å². The molecule has 1 aromatic heterocycles. The van der Waals surface area contributed by atoms with Gasteiger partial charge in [-0.15, -0.1) is 19.0 Å². The van der Waals surface area contributed by atoms with Crippen LogP contribution in [-0.4, -0.2) is 47.3 Å². The van der Waals surface area contributed by atoms with Gasteiger partial charge in [-0.1, -0.05) is 18.2 Å². The van der Waals surface area contributed by atoms with Crippen LogP contribution in [0, 0.1) is 0 Å². The Balaban J connectivity index is 0.00000261. The molecule has 6 nitrogen and oxygen atoms in total. The van der Waals surface area contributed by atoms with Crippen LogP contribution in [0.1, 0.15) is 34.9 Å². The summed E-state index contributed by atoms with van der Waals surface area (Å²) in [5, 5.41) is 7.91. The fourth-order valence-electron chi connectivity index (χ4n) is 3.20. The smallest absolute Gasteiger partial charge is 0.274 e. The fraction of sp³-hybridized carbons (Fsp3) is 0.400. The quantitative estimate of drug-likeness (QED) is 0.738. The minimum Gasteiger partial charge on any atom is -0.497 e. The molecule has 3 rings (SSSR count). The zero-order valence-corrected chi connectivity index (χ0v) is 16.5. The Morgan fingerprint density at radius 1 is 1.41 bits per heavy atom. The van der Waals surface area contributed by atoms with Crippen molar-refractivity contribution in [3.05, 3.63) is 60.4 Å². The molecule has 1 amide bonds. The Morgan fingerprint density at radius 3 is 2.81 bits per heavy atom. The number of aromatic nitrogens is 2. The van der Waals surface area contributed by atoms with E-state index in [4.69, 9.17) is 4.74 Å². The lowest BCUT2D eigenvalue weighted by Crippen LogP contribution is -2.33. The topological polar surface area (TPSA) is 59.4 Å². The molecule has 27 heavy (non-hydrogen) atoms. The van der Waals surface area contributed by atoms with Crippen LogP contribution in [0.15, 0.2) is 49.2 Å². The number of carbonyl (C=O) groups excluding carboxylic acids is 1. The van der Waals surface area contributed by atoms with Crippen LogP contribution in [0.25, 0.3) is 0 Å². The summed E-state index contributed by atoms with van der Waals surface area (Å²) >= 11 is 0. The number of hydrogen-bond donors (Lipinski definition) is 1. The molecule has 1 N–H and O–H groups in total. The van der Waals surface area contributed by atoms with E-state index in [0.29, 0.717) is 24.8 Å². The molecule has 0 aliphatic carbocycles. The van der Waals surface area contributed by atoms with Crippen LogP contribution in [0.4, 0.5) is 0 Å². The molecule has 0 spiro atoms. The van der Waals surface area contributed by atoms with Crippen LogP contribution in [0.5, 0.6) is 5.75 Å². The van der Waals surface area contributed by atoms with E-state index in [1.807, 2.05) is 35.1 Å². The molecule has 1 fully saturated rings. The largest absolute Gasteiger partial charge is 0.497 e. The molecule has 0 bridgehead atoms. The molecule has 0 saturated carbocycles. The van der Waals surface area contributed by atoms with Gasteiger partial charge in [0.15, 0.2) is 0 Å². The van der Waals surface area contributed by atoms with E-state index < -0.39 is 0 Å². The summed E-state index contributed by atoms with van der Waals surface area (Å²) in [6, 6.07) is 9.86. The third-order valence-electron chi connectivity index (χ3n) is 4.64. The lowest BCUT2D eigenvalue weighted by molar-refractivity contribution is 0.0755. The third kappa shape index (κ3) is 5.34. The van der Waals surface area contributed by atoms with Gasteiger partial charge >= 0.3 is 0 Å². The number of piperidine rings is 1. The third-order valence-corrected chi connectivity index (χ3v) is 4.64. The average Bonchev–Trinajstić information content (AvgIpc) is 3.18.